The molecule has 0 bridgehead atoms. The van der Waals surface area contributed by atoms with Crippen molar-refractivity contribution >= 4 is 11.9 Å². The topological polar surface area (TPSA) is 85.3 Å². The molecule has 2 aromatic heterocycles. The number of carbonyl (C=O) groups excluding carboxylic acids is 1. The normalized spacial score (nSPS) is 11.1. The molecule has 0 saturated heterocycles. The average Bonchev–Trinajstić information content (AvgIpc) is 2.83. The zero-order valence-corrected chi connectivity index (χ0v) is 11.9. The maximum Gasteiger partial charge on any atom is 0.351 e. The van der Waals surface area contributed by atoms with Gasteiger partial charge in [0.25, 0.3) is 0 Å². The fraction of sp³-hybridized carbons (Fsp3) is 0.267. The van der Waals surface area contributed by atoms with Gasteiger partial charge in [0.15, 0.2) is 5.78 Å². The number of carbonyl (C=O) groups is 1. The molecular weight excluding hydrogens is 272 g/mol. The second-order valence-corrected chi connectivity index (χ2v) is 4.64. The van der Waals surface area contributed by atoms with Crippen molar-refractivity contribution in [3.8, 4) is 5.75 Å². The maximum atomic E-state index is 12.0. The number of nitrogens with zero attached hydrogens (tertiary/aromatic N) is 2. The molecule has 0 aliphatic heterocycles. The van der Waals surface area contributed by atoms with Crippen molar-refractivity contribution in [3.05, 3.63) is 51.8 Å². The molecule has 0 aliphatic carbocycles. The number of aromatic nitrogens is 2. The summed E-state index contributed by atoms with van der Waals surface area (Å²) in [6.07, 6.45) is 7.14. The molecule has 0 spiro atoms. The van der Waals surface area contributed by atoms with Gasteiger partial charge in [-0.2, -0.15) is 5.10 Å². The highest BCUT2D eigenvalue weighted by Gasteiger charge is 2.15. The van der Waals surface area contributed by atoms with E-state index in [4.69, 9.17) is 4.42 Å². The van der Waals surface area contributed by atoms with Crippen LogP contribution in [0.1, 0.15) is 35.0 Å². The van der Waals surface area contributed by atoms with Crippen molar-refractivity contribution in [1.29, 1.82) is 0 Å². The van der Waals surface area contributed by atoms with E-state index in [1.165, 1.54) is 19.1 Å². The molecule has 0 aromatic carbocycles. The van der Waals surface area contributed by atoms with E-state index in [9.17, 15) is 14.7 Å². The van der Waals surface area contributed by atoms with Crippen LogP contribution in [-0.2, 0) is 6.54 Å². The number of hydrogen-bond acceptors (Lipinski definition) is 5. The molecule has 6 nitrogen and oxygen atoms in total. The van der Waals surface area contributed by atoms with Crippen LogP contribution in [0.4, 0.5) is 0 Å². The summed E-state index contributed by atoms with van der Waals surface area (Å²) in [5, 5.41) is 13.8. The van der Waals surface area contributed by atoms with Gasteiger partial charge in [0.05, 0.1) is 6.20 Å². The summed E-state index contributed by atoms with van der Waals surface area (Å²) in [6, 6.07) is 1.24. The molecule has 1 N–H and O–H groups in total. The molecule has 2 aromatic rings. The van der Waals surface area contributed by atoms with Gasteiger partial charge in [-0.1, -0.05) is 6.92 Å². The lowest BCUT2D eigenvalue weighted by Gasteiger charge is -1.99. The van der Waals surface area contributed by atoms with Crippen molar-refractivity contribution < 1.29 is 14.3 Å². The van der Waals surface area contributed by atoms with Gasteiger partial charge in [-0.05, 0) is 25.5 Å². The highest BCUT2D eigenvalue weighted by molar-refractivity contribution is 6.08. The minimum absolute atomic E-state index is 0.249. The summed E-state index contributed by atoms with van der Waals surface area (Å²) >= 11 is 0. The van der Waals surface area contributed by atoms with Gasteiger partial charge in [0, 0.05) is 24.4 Å². The summed E-state index contributed by atoms with van der Waals surface area (Å²) in [7, 11) is 0. The third kappa shape index (κ3) is 3.47. The van der Waals surface area contributed by atoms with Crippen molar-refractivity contribution in [2.45, 2.75) is 26.8 Å². The van der Waals surface area contributed by atoms with Crippen LogP contribution >= 0.6 is 0 Å². The number of aryl methyl sites for hydroxylation is 2. The Morgan fingerprint density at radius 3 is 2.95 bits per heavy atom. The van der Waals surface area contributed by atoms with E-state index in [1.807, 2.05) is 6.92 Å². The van der Waals surface area contributed by atoms with Crippen molar-refractivity contribution in [2.24, 2.45) is 0 Å². The van der Waals surface area contributed by atoms with E-state index in [1.54, 1.807) is 23.2 Å². The molecule has 2 rings (SSSR count). The van der Waals surface area contributed by atoms with Crippen LogP contribution in [0.2, 0.25) is 0 Å². The number of ketones is 1. The monoisotopic (exact) mass is 288 g/mol. The Hall–Kier alpha value is -2.63. The van der Waals surface area contributed by atoms with Crippen LogP contribution in [0.15, 0.2) is 33.7 Å². The van der Waals surface area contributed by atoms with Gasteiger partial charge < -0.3 is 9.52 Å². The Bertz CT molecular complexity index is 740. The maximum absolute atomic E-state index is 12.0. The standard InChI is InChI=1S/C15H16N2O4/c1-3-6-17-9-11(8-16-17)4-5-12(18)14-13(19)7-10(2)21-15(14)20/h4-5,7-9,19H,3,6H2,1-2H3. The molecule has 0 saturated carbocycles. The van der Waals surface area contributed by atoms with E-state index in [-0.39, 0.29) is 17.1 Å². The summed E-state index contributed by atoms with van der Waals surface area (Å²) in [4.78, 5) is 23.6. The predicted octanol–water partition coefficient (Wildman–Crippen LogP) is 2.16. The molecule has 0 aliphatic rings. The Morgan fingerprint density at radius 2 is 2.29 bits per heavy atom. The van der Waals surface area contributed by atoms with Crippen LogP contribution in [0.3, 0.4) is 0 Å². The van der Waals surface area contributed by atoms with Crippen LogP contribution < -0.4 is 5.63 Å². The first-order valence-electron chi connectivity index (χ1n) is 6.60. The highest BCUT2D eigenvalue weighted by Crippen LogP contribution is 2.15. The molecule has 0 radical (unpaired) electrons. The highest BCUT2D eigenvalue weighted by atomic mass is 16.4. The summed E-state index contributed by atoms with van der Waals surface area (Å²) in [5.41, 5.74) is -0.464. The third-order valence-corrected chi connectivity index (χ3v) is 2.83. The number of rotatable bonds is 5. The first-order chi connectivity index (χ1) is 10.0. The molecule has 0 amide bonds. The fourth-order valence-corrected chi connectivity index (χ4v) is 1.90. The molecule has 2 heterocycles. The largest absolute Gasteiger partial charge is 0.507 e. The zero-order chi connectivity index (χ0) is 15.4. The van der Waals surface area contributed by atoms with Gasteiger partial charge in [-0.15, -0.1) is 0 Å². The Labute approximate surface area is 121 Å². The zero-order valence-electron chi connectivity index (χ0n) is 11.9. The first kappa shape index (κ1) is 14.8. The fourth-order valence-electron chi connectivity index (χ4n) is 1.90. The molecule has 0 atom stereocenters. The van der Waals surface area contributed by atoms with Crippen molar-refractivity contribution in [2.75, 3.05) is 0 Å². The van der Waals surface area contributed by atoms with Gasteiger partial charge in [0.2, 0.25) is 0 Å². The molecule has 0 fully saturated rings. The second kappa shape index (κ2) is 6.21. The molecule has 21 heavy (non-hydrogen) atoms. The summed E-state index contributed by atoms with van der Waals surface area (Å²) in [5.74, 6) is -0.733. The quantitative estimate of drug-likeness (QED) is 0.673. The summed E-state index contributed by atoms with van der Waals surface area (Å²) in [6.45, 7) is 4.36. The van der Waals surface area contributed by atoms with Gasteiger partial charge >= 0.3 is 5.63 Å². The first-order valence-corrected chi connectivity index (χ1v) is 6.60. The minimum Gasteiger partial charge on any atom is -0.507 e. The van der Waals surface area contributed by atoms with E-state index in [0.29, 0.717) is 0 Å². The van der Waals surface area contributed by atoms with Crippen LogP contribution in [0.25, 0.3) is 6.08 Å². The molecule has 6 heteroatoms. The van der Waals surface area contributed by atoms with Gasteiger partial charge in [-0.3, -0.25) is 9.48 Å². The number of hydrogen-bond donors (Lipinski definition) is 1. The SMILES string of the molecule is CCCn1cc(C=CC(=O)c2c(O)cc(C)oc2=O)cn1. The number of aromatic hydroxyl groups is 1. The molecule has 110 valence electrons. The van der Waals surface area contributed by atoms with E-state index >= 15 is 0 Å². The Morgan fingerprint density at radius 1 is 1.52 bits per heavy atom. The average molecular weight is 288 g/mol. The Kier molecular flexibility index (Phi) is 4.37. The van der Waals surface area contributed by atoms with E-state index in [0.717, 1.165) is 18.5 Å². The lowest BCUT2D eigenvalue weighted by molar-refractivity contribution is 0.104. The lowest BCUT2D eigenvalue weighted by atomic mass is 10.1. The number of allylic oxidation sites excluding steroid dienone is 1. The van der Waals surface area contributed by atoms with Crippen molar-refractivity contribution in [3.63, 3.8) is 0 Å². The van der Waals surface area contributed by atoms with Gasteiger partial charge in [-0.25, -0.2) is 4.79 Å². The van der Waals surface area contributed by atoms with Crippen molar-refractivity contribution in [1.82, 2.24) is 9.78 Å². The van der Waals surface area contributed by atoms with E-state index in [2.05, 4.69) is 5.10 Å². The molecule has 0 unspecified atom stereocenters. The molecular formula is C15H16N2O4. The van der Waals surface area contributed by atoms with Crippen LogP contribution in [-0.4, -0.2) is 20.7 Å². The predicted molar refractivity (Wildman–Crippen MR) is 77.3 cm³/mol. The lowest BCUT2D eigenvalue weighted by Crippen LogP contribution is -2.12. The van der Waals surface area contributed by atoms with Crippen LogP contribution in [0, 0.1) is 6.92 Å². The Balaban J connectivity index is 2.21. The smallest absolute Gasteiger partial charge is 0.351 e. The second-order valence-electron chi connectivity index (χ2n) is 4.64. The van der Waals surface area contributed by atoms with E-state index < -0.39 is 11.4 Å². The summed E-state index contributed by atoms with van der Waals surface area (Å²) < 4.78 is 6.58. The van der Waals surface area contributed by atoms with Gasteiger partial charge in [0.1, 0.15) is 17.1 Å². The minimum atomic E-state index is -0.844. The third-order valence-electron chi connectivity index (χ3n) is 2.83. The van der Waals surface area contributed by atoms with Crippen LogP contribution in [0.5, 0.6) is 5.75 Å².